The number of nitrogens with one attached hydrogen (secondary N) is 1. The van der Waals surface area contributed by atoms with E-state index in [2.05, 4.69) is 5.32 Å². The highest BCUT2D eigenvalue weighted by Crippen LogP contribution is 2.13. The summed E-state index contributed by atoms with van der Waals surface area (Å²) in [6, 6.07) is 6.26. The number of hydrogen-bond acceptors (Lipinski definition) is 3. The number of nitrogens with two attached hydrogens (primary N) is 1. The van der Waals surface area contributed by atoms with Crippen LogP contribution < -0.4 is 11.1 Å². The first-order valence-electron chi connectivity index (χ1n) is 6.21. The molecule has 0 bridgehead atoms. The van der Waals surface area contributed by atoms with Crippen molar-refractivity contribution in [3.63, 3.8) is 0 Å². The monoisotopic (exact) mass is 263 g/mol. The smallest absolute Gasteiger partial charge is 0.253 e. The number of rotatable bonds is 4. The summed E-state index contributed by atoms with van der Waals surface area (Å²) in [5, 5.41) is 2.72. The Morgan fingerprint density at radius 2 is 1.89 bits per heavy atom. The largest absolute Gasteiger partial charge is 0.345 e. The van der Waals surface area contributed by atoms with Gasteiger partial charge >= 0.3 is 0 Å². The molecule has 0 saturated heterocycles. The van der Waals surface area contributed by atoms with E-state index in [0.29, 0.717) is 11.3 Å². The molecule has 1 atom stereocenters. The van der Waals surface area contributed by atoms with Crippen molar-refractivity contribution in [1.82, 2.24) is 4.90 Å². The van der Waals surface area contributed by atoms with Gasteiger partial charge in [-0.3, -0.25) is 9.59 Å². The number of anilines is 1. The molecule has 0 saturated carbocycles. The van der Waals surface area contributed by atoms with E-state index in [4.69, 9.17) is 5.73 Å². The second-order valence-corrected chi connectivity index (χ2v) is 5.04. The van der Waals surface area contributed by atoms with Crippen molar-refractivity contribution in [3.05, 3.63) is 29.8 Å². The number of carbonyl (C=O) groups excluding carboxylic acids is 2. The Balaban J connectivity index is 2.83. The van der Waals surface area contributed by atoms with Crippen molar-refractivity contribution in [2.45, 2.75) is 19.9 Å². The lowest BCUT2D eigenvalue weighted by atomic mass is 10.0. The molecule has 0 aliphatic carbocycles. The minimum Gasteiger partial charge on any atom is -0.345 e. The third-order valence-corrected chi connectivity index (χ3v) is 2.80. The standard InChI is InChI=1S/C14H21N3O2/c1-9(2)12(15)13(18)16-11-7-5-6-10(8-11)14(19)17(3)4/h5-9,12H,15H2,1-4H3,(H,16,18)/t12-/m1/s1. The Morgan fingerprint density at radius 3 is 2.42 bits per heavy atom. The lowest BCUT2D eigenvalue weighted by Crippen LogP contribution is -2.39. The van der Waals surface area contributed by atoms with E-state index in [1.807, 2.05) is 13.8 Å². The minimum absolute atomic E-state index is 0.0617. The summed E-state index contributed by atoms with van der Waals surface area (Å²) in [6.45, 7) is 3.77. The van der Waals surface area contributed by atoms with E-state index in [9.17, 15) is 9.59 Å². The zero-order chi connectivity index (χ0) is 14.6. The second kappa shape index (κ2) is 6.33. The predicted octanol–water partition coefficient (Wildman–Crippen LogP) is 1.31. The lowest BCUT2D eigenvalue weighted by molar-refractivity contribution is -0.118. The molecule has 19 heavy (non-hydrogen) atoms. The molecular weight excluding hydrogens is 242 g/mol. The predicted molar refractivity (Wildman–Crippen MR) is 75.9 cm³/mol. The minimum atomic E-state index is -0.562. The Morgan fingerprint density at radius 1 is 1.26 bits per heavy atom. The zero-order valence-corrected chi connectivity index (χ0v) is 11.8. The Labute approximate surface area is 113 Å². The van der Waals surface area contributed by atoms with E-state index < -0.39 is 6.04 Å². The summed E-state index contributed by atoms with van der Waals surface area (Å²) < 4.78 is 0. The zero-order valence-electron chi connectivity index (χ0n) is 11.8. The molecule has 104 valence electrons. The van der Waals surface area contributed by atoms with Gasteiger partial charge in [-0.25, -0.2) is 0 Å². The van der Waals surface area contributed by atoms with Gasteiger partial charge in [0, 0.05) is 25.3 Å². The molecule has 0 radical (unpaired) electrons. The fourth-order valence-electron chi connectivity index (χ4n) is 1.52. The highest BCUT2D eigenvalue weighted by molar-refractivity contribution is 5.98. The van der Waals surface area contributed by atoms with Crippen LogP contribution in [0.5, 0.6) is 0 Å². The Kier molecular flexibility index (Phi) is 5.06. The van der Waals surface area contributed by atoms with Crippen LogP contribution in [0.4, 0.5) is 5.69 Å². The van der Waals surface area contributed by atoms with Gasteiger partial charge in [-0.15, -0.1) is 0 Å². The van der Waals surface area contributed by atoms with Gasteiger partial charge in [-0.1, -0.05) is 19.9 Å². The molecule has 2 amide bonds. The summed E-state index contributed by atoms with van der Waals surface area (Å²) in [7, 11) is 3.37. The van der Waals surface area contributed by atoms with Crippen LogP contribution in [0.3, 0.4) is 0 Å². The third-order valence-electron chi connectivity index (χ3n) is 2.80. The second-order valence-electron chi connectivity index (χ2n) is 5.04. The van der Waals surface area contributed by atoms with Crippen molar-refractivity contribution in [3.8, 4) is 0 Å². The van der Waals surface area contributed by atoms with Gasteiger partial charge in [-0.05, 0) is 24.1 Å². The first kappa shape index (κ1) is 15.2. The van der Waals surface area contributed by atoms with Gasteiger partial charge in [0.1, 0.15) is 0 Å². The first-order chi connectivity index (χ1) is 8.82. The number of hydrogen-bond donors (Lipinski definition) is 2. The third kappa shape index (κ3) is 4.06. The van der Waals surface area contributed by atoms with Gasteiger partial charge in [0.05, 0.1) is 6.04 Å². The fraction of sp³-hybridized carbons (Fsp3) is 0.429. The molecule has 0 aromatic heterocycles. The van der Waals surface area contributed by atoms with Crippen LogP contribution in [0.15, 0.2) is 24.3 Å². The van der Waals surface area contributed by atoms with E-state index in [-0.39, 0.29) is 17.7 Å². The number of amides is 2. The summed E-state index contributed by atoms with van der Waals surface area (Å²) in [4.78, 5) is 25.1. The van der Waals surface area contributed by atoms with E-state index in [0.717, 1.165) is 0 Å². The molecule has 3 N–H and O–H groups in total. The molecular formula is C14H21N3O2. The van der Waals surface area contributed by atoms with Crippen molar-refractivity contribution < 1.29 is 9.59 Å². The van der Waals surface area contributed by atoms with Crippen LogP contribution in [0.1, 0.15) is 24.2 Å². The molecule has 0 spiro atoms. The molecule has 0 fully saturated rings. The van der Waals surface area contributed by atoms with Gasteiger partial charge in [0.2, 0.25) is 5.91 Å². The number of carbonyl (C=O) groups is 2. The quantitative estimate of drug-likeness (QED) is 0.860. The maximum Gasteiger partial charge on any atom is 0.253 e. The van der Waals surface area contributed by atoms with E-state index in [1.165, 1.54) is 4.90 Å². The molecule has 1 rings (SSSR count). The average molecular weight is 263 g/mol. The van der Waals surface area contributed by atoms with Gasteiger partial charge in [0.15, 0.2) is 0 Å². The summed E-state index contributed by atoms with van der Waals surface area (Å²) in [5.74, 6) is -0.291. The van der Waals surface area contributed by atoms with Crippen LogP contribution in [0, 0.1) is 5.92 Å². The fourth-order valence-corrected chi connectivity index (χ4v) is 1.52. The van der Waals surface area contributed by atoms with Gasteiger partial charge in [-0.2, -0.15) is 0 Å². The summed E-state index contributed by atoms with van der Waals surface area (Å²) in [5.41, 5.74) is 6.87. The highest BCUT2D eigenvalue weighted by Gasteiger charge is 2.17. The van der Waals surface area contributed by atoms with Crippen molar-refractivity contribution >= 4 is 17.5 Å². The molecule has 0 unspecified atom stereocenters. The van der Waals surface area contributed by atoms with E-state index >= 15 is 0 Å². The molecule has 1 aromatic carbocycles. The molecule has 5 heteroatoms. The van der Waals surface area contributed by atoms with Crippen LogP contribution in [0.25, 0.3) is 0 Å². The normalized spacial score (nSPS) is 12.1. The lowest BCUT2D eigenvalue weighted by Gasteiger charge is -2.16. The molecule has 0 aliphatic rings. The van der Waals surface area contributed by atoms with Crippen molar-refractivity contribution in [1.29, 1.82) is 0 Å². The highest BCUT2D eigenvalue weighted by atomic mass is 16.2. The molecule has 0 heterocycles. The van der Waals surface area contributed by atoms with Gasteiger partial charge < -0.3 is 16.0 Å². The number of benzene rings is 1. The van der Waals surface area contributed by atoms with Crippen LogP contribution in [-0.4, -0.2) is 36.9 Å². The first-order valence-corrected chi connectivity index (χ1v) is 6.21. The Bertz CT molecular complexity index is 470. The van der Waals surface area contributed by atoms with E-state index in [1.54, 1.807) is 38.4 Å². The van der Waals surface area contributed by atoms with Crippen molar-refractivity contribution in [2.75, 3.05) is 19.4 Å². The van der Waals surface area contributed by atoms with Crippen LogP contribution in [-0.2, 0) is 4.79 Å². The van der Waals surface area contributed by atoms with Gasteiger partial charge in [0.25, 0.3) is 5.91 Å². The molecule has 0 aliphatic heterocycles. The molecule has 1 aromatic rings. The SMILES string of the molecule is CC(C)[C@@H](N)C(=O)Nc1cccc(C(=O)N(C)C)c1. The summed E-state index contributed by atoms with van der Waals surface area (Å²) >= 11 is 0. The average Bonchev–Trinajstić information content (AvgIpc) is 2.36. The maximum atomic E-state index is 11.8. The van der Waals surface area contributed by atoms with Crippen LogP contribution in [0.2, 0.25) is 0 Å². The summed E-state index contributed by atoms with van der Waals surface area (Å²) in [6.07, 6.45) is 0. The van der Waals surface area contributed by atoms with Crippen LogP contribution >= 0.6 is 0 Å². The molecule has 5 nitrogen and oxygen atoms in total. The topological polar surface area (TPSA) is 75.4 Å². The Hall–Kier alpha value is -1.88. The maximum absolute atomic E-state index is 11.8. The number of nitrogens with zero attached hydrogens (tertiary/aromatic N) is 1. The van der Waals surface area contributed by atoms with Crippen molar-refractivity contribution in [2.24, 2.45) is 11.7 Å².